The van der Waals surface area contributed by atoms with Crippen molar-refractivity contribution in [2.45, 2.75) is 27.0 Å². The number of rotatable bonds is 5. The van der Waals surface area contributed by atoms with Crippen molar-refractivity contribution >= 4 is 23.4 Å². The summed E-state index contributed by atoms with van der Waals surface area (Å²) in [7, 11) is 0. The average molecular weight is 380 g/mol. The predicted molar refractivity (Wildman–Crippen MR) is 111 cm³/mol. The molecule has 0 amide bonds. The third kappa shape index (κ3) is 3.81. The zero-order valence-electron chi connectivity index (χ0n) is 15.4. The van der Waals surface area contributed by atoms with Crippen LogP contribution in [0.25, 0.3) is 11.0 Å². The second-order valence-corrected chi connectivity index (χ2v) is 6.44. The summed E-state index contributed by atoms with van der Waals surface area (Å²) in [4.78, 5) is 8.76. The van der Waals surface area contributed by atoms with E-state index in [1.54, 1.807) is 6.20 Å². The fraction of sp³-hybridized carbons (Fsp3) is 0.182. The summed E-state index contributed by atoms with van der Waals surface area (Å²) < 4.78 is 8.45. The van der Waals surface area contributed by atoms with Gasteiger partial charge >= 0.3 is 0 Å². The monoisotopic (exact) mass is 379 g/mol. The molecule has 4 rings (SSSR count). The van der Waals surface area contributed by atoms with E-state index in [0.29, 0.717) is 6.61 Å². The summed E-state index contributed by atoms with van der Waals surface area (Å²) in [6, 6.07) is 16.4. The highest BCUT2D eigenvalue weighted by Crippen LogP contribution is 2.32. The molecular weight excluding hydrogens is 358 g/mol. The summed E-state index contributed by atoms with van der Waals surface area (Å²) in [5, 5.41) is 0. The van der Waals surface area contributed by atoms with Gasteiger partial charge in [0.25, 0.3) is 0 Å². The second kappa shape index (κ2) is 8.23. The van der Waals surface area contributed by atoms with Gasteiger partial charge in [0.05, 0.1) is 5.52 Å². The van der Waals surface area contributed by atoms with E-state index in [0.717, 1.165) is 28.9 Å². The first-order valence-electron chi connectivity index (χ1n) is 8.74. The van der Waals surface area contributed by atoms with Crippen molar-refractivity contribution in [3.63, 3.8) is 0 Å². The van der Waals surface area contributed by atoms with Crippen LogP contribution in [0.1, 0.15) is 22.4 Å². The fourth-order valence-corrected chi connectivity index (χ4v) is 3.24. The van der Waals surface area contributed by atoms with E-state index >= 15 is 0 Å². The number of benzene rings is 1. The van der Waals surface area contributed by atoms with Gasteiger partial charge in [0.1, 0.15) is 17.9 Å². The Morgan fingerprint density at radius 3 is 2.44 bits per heavy atom. The first-order valence-corrected chi connectivity index (χ1v) is 8.74. The number of pyridine rings is 2. The molecule has 4 nitrogen and oxygen atoms in total. The molecule has 0 N–H and O–H groups in total. The van der Waals surface area contributed by atoms with Crippen molar-refractivity contribution in [2.75, 3.05) is 0 Å². The minimum absolute atomic E-state index is 0. The SMILES string of the molecule is Cc1c(C)n(Cc2ccccc2)c2c(OCc3cccnc3)ccnc12.Cl. The second-order valence-electron chi connectivity index (χ2n) is 6.44. The molecule has 0 saturated heterocycles. The molecule has 0 atom stereocenters. The molecule has 27 heavy (non-hydrogen) atoms. The summed E-state index contributed by atoms with van der Waals surface area (Å²) in [5.74, 6) is 0.853. The number of halogens is 1. The van der Waals surface area contributed by atoms with Gasteiger partial charge in [-0.3, -0.25) is 9.97 Å². The van der Waals surface area contributed by atoms with Crippen LogP contribution in [0.5, 0.6) is 5.75 Å². The standard InChI is InChI=1S/C22H21N3O.ClH/c1-16-17(2)25(14-18-7-4-3-5-8-18)22-20(10-12-24-21(16)22)26-15-19-9-6-11-23-13-19;/h3-13H,14-15H2,1-2H3;1H. The van der Waals surface area contributed by atoms with Crippen LogP contribution >= 0.6 is 12.4 Å². The highest BCUT2D eigenvalue weighted by atomic mass is 35.5. The molecule has 1 aromatic carbocycles. The minimum Gasteiger partial charge on any atom is -0.487 e. The average Bonchev–Trinajstić information content (AvgIpc) is 2.93. The quantitative estimate of drug-likeness (QED) is 0.484. The van der Waals surface area contributed by atoms with E-state index in [1.807, 2.05) is 36.7 Å². The molecule has 0 aliphatic rings. The van der Waals surface area contributed by atoms with Gasteiger partial charge in [0.2, 0.25) is 0 Å². The number of fused-ring (bicyclic) bond motifs is 1. The lowest BCUT2D eigenvalue weighted by molar-refractivity contribution is 0.308. The van der Waals surface area contributed by atoms with Gasteiger partial charge in [-0.15, -0.1) is 12.4 Å². The van der Waals surface area contributed by atoms with E-state index in [4.69, 9.17) is 4.74 Å². The molecule has 0 bridgehead atoms. The molecule has 0 aliphatic carbocycles. The topological polar surface area (TPSA) is 39.9 Å². The maximum absolute atomic E-state index is 6.15. The normalized spacial score (nSPS) is 10.6. The van der Waals surface area contributed by atoms with Crippen LogP contribution in [0.4, 0.5) is 0 Å². The predicted octanol–water partition coefficient (Wildman–Crippen LogP) is 5.10. The summed E-state index contributed by atoms with van der Waals surface area (Å²) >= 11 is 0. The zero-order valence-corrected chi connectivity index (χ0v) is 16.2. The molecule has 0 aliphatic heterocycles. The van der Waals surface area contributed by atoms with Crippen molar-refractivity contribution in [1.29, 1.82) is 0 Å². The van der Waals surface area contributed by atoms with Crippen molar-refractivity contribution < 1.29 is 4.74 Å². The summed E-state index contributed by atoms with van der Waals surface area (Å²) in [5.41, 5.74) is 6.77. The van der Waals surface area contributed by atoms with Crippen molar-refractivity contribution in [3.05, 3.63) is 89.5 Å². The van der Waals surface area contributed by atoms with Crippen LogP contribution in [-0.2, 0) is 13.2 Å². The molecule has 0 fully saturated rings. The van der Waals surface area contributed by atoms with E-state index < -0.39 is 0 Å². The van der Waals surface area contributed by atoms with Crippen molar-refractivity contribution in [1.82, 2.24) is 14.5 Å². The third-order valence-electron chi connectivity index (χ3n) is 4.76. The summed E-state index contributed by atoms with van der Waals surface area (Å²) in [6.45, 7) is 5.55. The Balaban J connectivity index is 0.00000210. The number of ether oxygens (including phenoxy) is 1. The lowest BCUT2D eigenvalue weighted by Crippen LogP contribution is -2.04. The number of aryl methyl sites for hydroxylation is 1. The maximum atomic E-state index is 6.15. The van der Waals surface area contributed by atoms with Crippen LogP contribution in [0.2, 0.25) is 0 Å². The van der Waals surface area contributed by atoms with Gasteiger partial charge in [0, 0.05) is 42.5 Å². The zero-order chi connectivity index (χ0) is 17.9. The molecular formula is C22H22ClN3O. The number of aromatic nitrogens is 3. The molecule has 4 aromatic rings. The first-order chi connectivity index (χ1) is 12.7. The van der Waals surface area contributed by atoms with Gasteiger partial charge in [-0.1, -0.05) is 36.4 Å². The van der Waals surface area contributed by atoms with Gasteiger partial charge in [-0.25, -0.2) is 0 Å². The van der Waals surface area contributed by atoms with Crippen LogP contribution in [0, 0.1) is 13.8 Å². The van der Waals surface area contributed by atoms with Crippen molar-refractivity contribution in [2.24, 2.45) is 0 Å². The smallest absolute Gasteiger partial charge is 0.147 e. The lowest BCUT2D eigenvalue weighted by Gasteiger charge is -2.12. The van der Waals surface area contributed by atoms with Crippen LogP contribution in [-0.4, -0.2) is 14.5 Å². The van der Waals surface area contributed by atoms with Gasteiger partial charge in [0.15, 0.2) is 0 Å². The molecule has 3 aromatic heterocycles. The van der Waals surface area contributed by atoms with Crippen LogP contribution in [0.3, 0.4) is 0 Å². The Kier molecular flexibility index (Phi) is 5.77. The van der Waals surface area contributed by atoms with Crippen LogP contribution in [0.15, 0.2) is 67.1 Å². The lowest BCUT2D eigenvalue weighted by atomic mass is 10.2. The van der Waals surface area contributed by atoms with Crippen molar-refractivity contribution in [3.8, 4) is 5.75 Å². The Morgan fingerprint density at radius 1 is 0.926 bits per heavy atom. The molecule has 5 heteroatoms. The largest absolute Gasteiger partial charge is 0.487 e. The van der Waals surface area contributed by atoms with Gasteiger partial charge in [-0.2, -0.15) is 0 Å². The molecule has 0 unspecified atom stereocenters. The number of nitrogens with zero attached hydrogens (tertiary/aromatic N) is 3. The molecule has 0 saturated carbocycles. The minimum atomic E-state index is 0. The Hall–Kier alpha value is -2.85. The molecule has 0 radical (unpaired) electrons. The fourth-order valence-electron chi connectivity index (χ4n) is 3.24. The van der Waals surface area contributed by atoms with E-state index in [1.165, 1.54) is 16.8 Å². The van der Waals surface area contributed by atoms with Gasteiger partial charge < -0.3 is 9.30 Å². The highest BCUT2D eigenvalue weighted by molar-refractivity contribution is 5.86. The Bertz CT molecular complexity index is 1030. The number of hydrogen-bond acceptors (Lipinski definition) is 3. The highest BCUT2D eigenvalue weighted by Gasteiger charge is 2.16. The third-order valence-corrected chi connectivity index (χ3v) is 4.76. The summed E-state index contributed by atoms with van der Waals surface area (Å²) in [6.07, 6.45) is 5.42. The van der Waals surface area contributed by atoms with E-state index in [2.05, 4.69) is 52.6 Å². The Labute approximate surface area is 165 Å². The first kappa shape index (κ1) is 18.9. The maximum Gasteiger partial charge on any atom is 0.147 e. The van der Waals surface area contributed by atoms with E-state index in [9.17, 15) is 0 Å². The molecule has 138 valence electrons. The van der Waals surface area contributed by atoms with Gasteiger partial charge in [-0.05, 0) is 31.0 Å². The Morgan fingerprint density at radius 2 is 1.70 bits per heavy atom. The number of hydrogen-bond donors (Lipinski definition) is 0. The van der Waals surface area contributed by atoms with Crippen LogP contribution < -0.4 is 4.74 Å². The van der Waals surface area contributed by atoms with E-state index in [-0.39, 0.29) is 12.4 Å². The molecule has 3 heterocycles. The molecule has 0 spiro atoms.